The van der Waals surface area contributed by atoms with Crippen LogP contribution >= 0.6 is 27.5 Å². The van der Waals surface area contributed by atoms with Crippen LogP contribution in [0.1, 0.15) is 5.56 Å². The van der Waals surface area contributed by atoms with E-state index in [9.17, 15) is 0 Å². The summed E-state index contributed by atoms with van der Waals surface area (Å²) in [5.41, 5.74) is 1.10. The summed E-state index contributed by atoms with van der Waals surface area (Å²) in [7, 11) is 0. The number of rotatable bonds is 1. The van der Waals surface area contributed by atoms with E-state index in [4.69, 9.17) is 11.6 Å². The van der Waals surface area contributed by atoms with Crippen LogP contribution in [-0.2, 0) is 0 Å². The molecule has 0 nitrogen and oxygen atoms in total. The Morgan fingerprint density at radius 1 is 1.40 bits per heavy atom. The molecule has 0 spiro atoms. The summed E-state index contributed by atoms with van der Waals surface area (Å²) in [6.07, 6.45) is 1.94. The van der Waals surface area contributed by atoms with Crippen LogP contribution in [0.25, 0.3) is 6.08 Å². The Hall–Kier alpha value is -0.270. The second kappa shape index (κ2) is 3.79. The van der Waals surface area contributed by atoms with Crippen LogP contribution in [0.5, 0.6) is 0 Å². The molecule has 0 amide bonds. The zero-order valence-electron chi connectivity index (χ0n) is 5.22. The van der Waals surface area contributed by atoms with Gasteiger partial charge in [-0.2, -0.15) is 0 Å². The Kier molecular flexibility index (Phi) is 2.97. The molecule has 52 valence electrons. The molecular formula is C8H6BrCl. The van der Waals surface area contributed by atoms with Gasteiger partial charge in [-0.1, -0.05) is 39.7 Å². The first kappa shape index (κ1) is 7.83. The lowest BCUT2D eigenvalue weighted by Crippen LogP contribution is -1.68. The first-order chi connectivity index (χ1) is 4.83. The second-order valence-electron chi connectivity index (χ2n) is 1.85. The van der Waals surface area contributed by atoms with Gasteiger partial charge in [-0.3, -0.25) is 0 Å². The Morgan fingerprint density at radius 2 is 2.20 bits per heavy atom. The van der Waals surface area contributed by atoms with Crippen molar-refractivity contribution in [3.8, 4) is 0 Å². The predicted molar refractivity (Wildman–Crippen MR) is 49.4 cm³/mol. The van der Waals surface area contributed by atoms with Crippen molar-refractivity contribution in [3.63, 3.8) is 0 Å². The molecule has 0 unspecified atom stereocenters. The van der Waals surface area contributed by atoms with Crippen LogP contribution in [0, 0.1) is 0 Å². The lowest BCUT2D eigenvalue weighted by molar-refractivity contribution is 1.66. The van der Waals surface area contributed by atoms with E-state index in [0.717, 1.165) is 10.6 Å². The molecule has 0 saturated heterocycles. The molecule has 1 rings (SSSR count). The van der Waals surface area contributed by atoms with E-state index < -0.39 is 0 Å². The van der Waals surface area contributed by atoms with Gasteiger partial charge in [0.25, 0.3) is 0 Å². The van der Waals surface area contributed by atoms with Crippen molar-refractivity contribution in [2.75, 3.05) is 0 Å². The van der Waals surface area contributed by atoms with Gasteiger partial charge in [-0.05, 0) is 28.8 Å². The summed E-state index contributed by atoms with van der Waals surface area (Å²) in [4.78, 5) is 1.80. The highest BCUT2D eigenvalue weighted by molar-refractivity contribution is 9.11. The largest absolute Gasteiger partial charge is 0.0843 e. The second-order valence-corrected chi connectivity index (χ2v) is 2.81. The van der Waals surface area contributed by atoms with Crippen LogP contribution in [0.15, 0.2) is 29.3 Å². The maximum absolute atomic E-state index is 5.73. The monoisotopic (exact) mass is 216 g/mol. The van der Waals surface area contributed by atoms with Crippen LogP contribution in [0.4, 0.5) is 0 Å². The molecule has 0 bridgehead atoms. The van der Waals surface area contributed by atoms with Gasteiger partial charge in [0.15, 0.2) is 0 Å². The number of hydrogen-bond donors (Lipinski definition) is 0. The molecule has 0 aliphatic carbocycles. The molecule has 2 heteroatoms. The Morgan fingerprint density at radius 3 is 2.80 bits per heavy atom. The molecule has 10 heavy (non-hydrogen) atoms. The Labute approximate surface area is 73.6 Å². The summed E-state index contributed by atoms with van der Waals surface area (Å²) < 4.78 is 0. The third-order valence-electron chi connectivity index (χ3n) is 1.10. The summed E-state index contributed by atoms with van der Waals surface area (Å²) >= 11 is 8.92. The van der Waals surface area contributed by atoms with Gasteiger partial charge in [0.05, 0.1) is 0 Å². The lowest BCUT2D eigenvalue weighted by atomic mass is 10.2. The molecule has 0 saturated carbocycles. The summed E-state index contributed by atoms with van der Waals surface area (Å²) in [5.74, 6) is 0. The summed E-state index contributed by atoms with van der Waals surface area (Å²) in [6.45, 7) is 0. The van der Waals surface area contributed by atoms with Crippen LogP contribution in [0.3, 0.4) is 0 Å². The lowest BCUT2D eigenvalue weighted by Gasteiger charge is -1.91. The zero-order chi connectivity index (χ0) is 7.40. The molecule has 1 aromatic rings. The molecule has 0 aromatic heterocycles. The number of hydrogen-bond acceptors (Lipinski definition) is 0. The van der Waals surface area contributed by atoms with E-state index in [1.165, 1.54) is 0 Å². The number of halogens is 2. The smallest absolute Gasteiger partial charge is 0.0411 e. The fraction of sp³-hybridized carbons (Fsp3) is 0. The van der Waals surface area contributed by atoms with E-state index in [-0.39, 0.29) is 0 Å². The average Bonchev–Trinajstić information content (AvgIpc) is 1.88. The van der Waals surface area contributed by atoms with Gasteiger partial charge in [0, 0.05) is 5.02 Å². The van der Waals surface area contributed by atoms with Crippen molar-refractivity contribution in [1.82, 2.24) is 0 Å². The van der Waals surface area contributed by atoms with E-state index in [0.29, 0.717) is 0 Å². The van der Waals surface area contributed by atoms with Crippen molar-refractivity contribution in [2.24, 2.45) is 0 Å². The van der Waals surface area contributed by atoms with Crippen LogP contribution < -0.4 is 0 Å². The van der Waals surface area contributed by atoms with Gasteiger partial charge < -0.3 is 0 Å². The van der Waals surface area contributed by atoms with E-state index in [1.54, 1.807) is 4.99 Å². The van der Waals surface area contributed by atoms with Gasteiger partial charge in [-0.15, -0.1) is 0 Å². The molecule has 0 fully saturated rings. The normalized spacial score (nSPS) is 10.6. The van der Waals surface area contributed by atoms with Crippen molar-refractivity contribution in [1.29, 1.82) is 0 Å². The molecule has 0 heterocycles. The van der Waals surface area contributed by atoms with Crippen molar-refractivity contribution >= 4 is 33.6 Å². The fourth-order valence-corrected chi connectivity index (χ4v) is 1.19. The summed E-state index contributed by atoms with van der Waals surface area (Å²) in [6, 6.07) is 7.67. The standard InChI is InChI=1S/C8H6BrCl/c9-5-4-7-2-1-3-8(10)6-7/h1-6H/b5-4-. The highest BCUT2D eigenvalue weighted by atomic mass is 79.9. The number of benzene rings is 1. The molecule has 0 aliphatic heterocycles. The molecule has 0 radical (unpaired) electrons. The summed E-state index contributed by atoms with van der Waals surface area (Å²) in [5, 5.41) is 0.767. The molecule has 0 atom stereocenters. The SMILES string of the molecule is Clc1cccc(/C=C\Br)c1. The Balaban J connectivity index is 2.95. The average molecular weight is 217 g/mol. The highest BCUT2D eigenvalue weighted by Gasteiger charge is 1.86. The van der Waals surface area contributed by atoms with Crippen LogP contribution in [-0.4, -0.2) is 0 Å². The minimum absolute atomic E-state index is 0.767. The molecular weight excluding hydrogens is 211 g/mol. The minimum atomic E-state index is 0.767. The highest BCUT2D eigenvalue weighted by Crippen LogP contribution is 2.11. The maximum atomic E-state index is 5.73. The first-order valence-corrected chi connectivity index (χ1v) is 4.14. The van der Waals surface area contributed by atoms with Crippen LogP contribution in [0.2, 0.25) is 5.02 Å². The van der Waals surface area contributed by atoms with E-state index in [2.05, 4.69) is 15.9 Å². The minimum Gasteiger partial charge on any atom is -0.0843 e. The third kappa shape index (κ3) is 2.16. The molecule has 1 aromatic carbocycles. The van der Waals surface area contributed by atoms with Crippen molar-refractivity contribution < 1.29 is 0 Å². The quantitative estimate of drug-likeness (QED) is 0.673. The van der Waals surface area contributed by atoms with Gasteiger partial charge in [0.2, 0.25) is 0 Å². The zero-order valence-corrected chi connectivity index (χ0v) is 7.56. The Bertz CT molecular complexity index is 243. The van der Waals surface area contributed by atoms with E-state index in [1.807, 2.05) is 30.3 Å². The molecule has 0 aliphatic rings. The topological polar surface area (TPSA) is 0 Å². The molecule has 0 N–H and O–H groups in total. The van der Waals surface area contributed by atoms with Gasteiger partial charge in [-0.25, -0.2) is 0 Å². The van der Waals surface area contributed by atoms with Crippen molar-refractivity contribution in [3.05, 3.63) is 39.8 Å². The van der Waals surface area contributed by atoms with Gasteiger partial charge in [0.1, 0.15) is 0 Å². The van der Waals surface area contributed by atoms with E-state index >= 15 is 0 Å². The van der Waals surface area contributed by atoms with Crippen molar-refractivity contribution in [2.45, 2.75) is 0 Å². The fourth-order valence-electron chi connectivity index (χ4n) is 0.683. The predicted octanol–water partition coefficient (Wildman–Crippen LogP) is 3.71. The van der Waals surface area contributed by atoms with Gasteiger partial charge >= 0.3 is 0 Å². The third-order valence-corrected chi connectivity index (χ3v) is 1.60. The maximum Gasteiger partial charge on any atom is 0.0411 e. The first-order valence-electron chi connectivity index (χ1n) is 2.85.